The lowest BCUT2D eigenvalue weighted by atomic mass is 9.73. The minimum atomic E-state index is -1.09. The Morgan fingerprint density at radius 3 is 2.48 bits per heavy atom. The standard InChI is InChI=1S/C34H42N2O6/c1-20(2)23-13-8-9-14-24(23)28-30(42-19-22-18-21-12-7-10-15-25(21)35-31(22)40-6)27(34(3,4)5)29(33(38)39)36(28)32(37)26-16-11-17-41-26/h7-10,12-15,18,20,26-30H,11,16-17,19H2,1-6H3,(H,38,39)/t26-,27+,28-,29-,30-/m0/s1. The van der Waals surface area contributed by atoms with Crippen LogP contribution in [0.25, 0.3) is 10.9 Å². The van der Waals surface area contributed by atoms with Crippen molar-refractivity contribution in [2.45, 2.75) is 84.3 Å². The van der Waals surface area contributed by atoms with E-state index in [1.54, 1.807) is 12.0 Å². The lowest BCUT2D eigenvalue weighted by Crippen LogP contribution is -2.50. The zero-order valence-electron chi connectivity index (χ0n) is 25.4. The Morgan fingerprint density at radius 2 is 1.83 bits per heavy atom. The number of pyridine rings is 1. The number of rotatable bonds is 8. The minimum absolute atomic E-state index is 0.146. The van der Waals surface area contributed by atoms with Crippen molar-refractivity contribution in [3.63, 3.8) is 0 Å². The summed E-state index contributed by atoms with van der Waals surface area (Å²) in [6, 6.07) is 16.1. The van der Waals surface area contributed by atoms with E-state index in [-0.39, 0.29) is 18.4 Å². The van der Waals surface area contributed by atoms with Crippen LogP contribution in [-0.2, 0) is 25.7 Å². The fraction of sp³-hybridized carbons (Fsp3) is 0.500. The highest BCUT2D eigenvalue weighted by Crippen LogP contribution is 2.51. The molecule has 2 aliphatic rings. The molecule has 2 fully saturated rings. The molecule has 224 valence electrons. The van der Waals surface area contributed by atoms with E-state index in [1.807, 2.05) is 69.3 Å². The number of para-hydroxylation sites is 1. The van der Waals surface area contributed by atoms with Gasteiger partial charge in [0.2, 0.25) is 5.88 Å². The average Bonchev–Trinajstić information content (AvgIpc) is 3.62. The molecular weight excluding hydrogens is 532 g/mol. The maximum atomic E-state index is 14.2. The molecule has 3 aromatic rings. The summed E-state index contributed by atoms with van der Waals surface area (Å²) in [6.45, 7) is 10.9. The van der Waals surface area contributed by atoms with Crippen LogP contribution in [0.5, 0.6) is 5.88 Å². The molecule has 8 nitrogen and oxygen atoms in total. The highest BCUT2D eigenvalue weighted by molar-refractivity contribution is 5.88. The third-order valence-electron chi connectivity index (χ3n) is 8.64. The Kier molecular flexibility index (Phi) is 8.58. The van der Waals surface area contributed by atoms with Gasteiger partial charge >= 0.3 is 5.97 Å². The molecule has 3 heterocycles. The lowest BCUT2D eigenvalue weighted by Gasteiger charge is -2.35. The monoisotopic (exact) mass is 574 g/mol. The van der Waals surface area contributed by atoms with Crippen LogP contribution in [0.3, 0.4) is 0 Å². The third-order valence-corrected chi connectivity index (χ3v) is 8.64. The molecule has 2 aromatic carbocycles. The zero-order chi connectivity index (χ0) is 30.2. The zero-order valence-corrected chi connectivity index (χ0v) is 25.4. The summed E-state index contributed by atoms with van der Waals surface area (Å²) in [7, 11) is 1.58. The van der Waals surface area contributed by atoms with Crippen molar-refractivity contribution in [3.05, 3.63) is 71.3 Å². The van der Waals surface area contributed by atoms with Gasteiger partial charge in [-0.2, -0.15) is 0 Å². The second-order valence-corrected chi connectivity index (χ2v) is 12.8. The summed E-state index contributed by atoms with van der Waals surface area (Å²) in [5.41, 5.74) is 3.04. The van der Waals surface area contributed by atoms with E-state index >= 15 is 0 Å². The van der Waals surface area contributed by atoms with Crippen molar-refractivity contribution in [2.24, 2.45) is 11.3 Å². The Hall–Kier alpha value is -3.49. The quantitative estimate of drug-likeness (QED) is 0.346. The topological polar surface area (TPSA) is 98.2 Å². The molecule has 1 amide bonds. The van der Waals surface area contributed by atoms with E-state index in [1.165, 1.54) is 0 Å². The molecule has 0 radical (unpaired) electrons. The fourth-order valence-corrected chi connectivity index (χ4v) is 6.77. The van der Waals surface area contributed by atoms with Crippen molar-refractivity contribution in [3.8, 4) is 5.88 Å². The average molecular weight is 575 g/mol. The lowest BCUT2D eigenvalue weighted by molar-refractivity contribution is -0.156. The summed E-state index contributed by atoms with van der Waals surface area (Å²) >= 11 is 0. The van der Waals surface area contributed by atoms with Crippen LogP contribution in [0.15, 0.2) is 54.6 Å². The maximum Gasteiger partial charge on any atom is 0.326 e. The molecule has 2 aliphatic heterocycles. The van der Waals surface area contributed by atoms with Crippen molar-refractivity contribution in [1.82, 2.24) is 9.88 Å². The van der Waals surface area contributed by atoms with Gasteiger partial charge in [0, 0.05) is 23.5 Å². The minimum Gasteiger partial charge on any atom is -0.481 e. The Labute approximate surface area is 248 Å². The predicted octanol–water partition coefficient (Wildman–Crippen LogP) is 6.13. The van der Waals surface area contributed by atoms with Crippen LogP contribution in [0.2, 0.25) is 0 Å². The number of hydrogen-bond acceptors (Lipinski definition) is 6. The summed E-state index contributed by atoms with van der Waals surface area (Å²) < 4.78 is 18.3. The van der Waals surface area contributed by atoms with Crippen LogP contribution in [0.4, 0.5) is 0 Å². The van der Waals surface area contributed by atoms with Crippen molar-refractivity contribution in [2.75, 3.05) is 13.7 Å². The van der Waals surface area contributed by atoms with Gasteiger partial charge in [-0.05, 0) is 47.4 Å². The number of benzene rings is 2. The van der Waals surface area contributed by atoms with Crippen molar-refractivity contribution >= 4 is 22.8 Å². The number of fused-ring (bicyclic) bond motifs is 1. The summed E-state index contributed by atoms with van der Waals surface area (Å²) in [6.07, 6.45) is 0.0654. The normalized spacial score (nSPS) is 24.5. The van der Waals surface area contributed by atoms with Gasteiger partial charge < -0.3 is 24.2 Å². The molecule has 0 spiro atoms. The first kappa shape index (κ1) is 30.0. The summed E-state index contributed by atoms with van der Waals surface area (Å²) in [4.78, 5) is 33.6. The van der Waals surface area contributed by atoms with E-state index in [2.05, 4.69) is 24.9 Å². The highest BCUT2D eigenvalue weighted by atomic mass is 16.5. The van der Waals surface area contributed by atoms with Crippen LogP contribution < -0.4 is 4.74 Å². The number of carbonyl (C=O) groups is 2. The molecule has 8 heteroatoms. The van der Waals surface area contributed by atoms with E-state index in [0.29, 0.717) is 18.9 Å². The van der Waals surface area contributed by atoms with E-state index in [4.69, 9.17) is 14.2 Å². The molecule has 0 aliphatic carbocycles. The molecule has 5 rings (SSSR count). The second-order valence-electron chi connectivity index (χ2n) is 12.8. The molecule has 1 aromatic heterocycles. The number of amides is 1. The molecule has 2 saturated heterocycles. The van der Waals surface area contributed by atoms with Gasteiger partial charge in [0.15, 0.2) is 0 Å². The van der Waals surface area contributed by atoms with Crippen LogP contribution in [0, 0.1) is 11.3 Å². The number of methoxy groups -OCH3 is 1. The van der Waals surface area contributed by atoms with Gasteiger partial charge in [-0.15, -0.1) is 0 Å². The van der Waals surface area contributed by atoms with Crippen molar-refractivity contribution in [1.29, 1.82) is 0 Å². The maximum absolute atomic E-state index is 14.2. The molecule has 0 bridgehead atoms. The second kappa shape index (κ2) is 12.0. The Bertz CT molecular complexity index is 1440. The third kappa shape index (κ3) is 5.62. The Morgan fingerprint density at radius 1 is 1.12 bits per heavy atom. The smallest absolute Gasteiger partial charge is 0.326 e. The SMILES string of the molecule is COc1nc2ccccc2cc1CO[C@H]1[C@H](C(C)(C)C)[C@@H](C(=O)O)N(C(=O)[C@@H]2CCCO2)[C@H]1c1ccccc1C(C)C. The van der Waals surface area contributed by atoms with E-state index < -0.39 is 41.6 Å². The van der Waals surface area contributed by atoms with E-state index in [0.717, 1.165) is 34.0 Å². The number of nitrogens with zero attached hydrogens (tertiary/aromatic N) is 2. The van der Waals surface area contributed by atoms with Crippen molar-refractivity contribution < 1.29 is 28.9 Å². The van der Waals surface area contributed by atoms with Gasteiger partial charge in [0.05, 0.1) is 31.4 Å². The first-order valence-electron chi connectivity index (χ1n) is 14.8. The number of carboxylic acid groups (broad SMARTS) is 1. The highest BCUT2D eigenvalue weighted by Gasteiger charge is 2.60. The van der Waals surface area contributed by atoms with Crippen LogP contribution in [0.1, 0.15) is 76.1 Å². The first-order valence-corrected chi connectivity index (χ1v) is 14.8. The molecular formula is C34H42N2O6. The summed E-state index contributed by atoms with van der Waals surface area (Å²) in [5, 5.41) is 11.7. The number of likely N-dealkylation sites (tertiary alicyclic amines) is 1. The molecule has 0 saturated carbocycles. The van der Waals surface area contributed by atoms with Gasteiger partial charge in [-0.25, -0.2) is 9.78 Å². The molecule has 0 unspecified atom stereocenters. The van der Waals surface area contributed by atoms with E-state index in [9.17, 15) is 14.7 Å². The summed E-state index contributed by atoms with van der Waals surface area (Å²) in [5.74, 6) is -1.22. The first-order chi connectivity index (χ1) is 20.0. The Balaban J connectivity index is 1.65. The van der Waals surface area contributed by atoms with Gasteiger partial charge in [0.1, 0.15) is 12.1 Å². The number of aliphatic carboxylic acids is 1. The predicted molar refractivity (Wildman–Crippen MR) is 160 cm³/mol. The number of ether oxygens (including phenoxy) is 3. The molecule has 1 N–H and O–H groups in total. The number of hydrogen-bond donors (Lipinski definition) is 1. The number of carbonyl (C=O) groups excluding carboxylic acids is 1. The molecule has 42 heavy (non-hydrogen) atoms. The van der Waals surface area contributed by atoms with Crippen LogP contribution in [-0.4, -0.2) is 58.8 Å². The largest absolute Gasteiger partial charge is 0.481 e. The number of carboxylic acids is 1. The van der Waals surface area contributed by atoms with Gasteiger partial charge in [-0.1, -0.05) is 77.1 Å². The van der Waals surface area contributed by atoms with Gasteiger partial charge in [-0.3, -0.25) is 4.79 Å². The number of aromatic nitrogens is 1. The van der Waals surface area contributed by atoms with Crippen LogP contribution >= 0.6 is 0 Å². The molecule has 5 atom stereocenters. The fourth-order valence-electron chi connectivity index (χ4n) is 6.77. The van der Waals surface area contributed by atoms with Gasteiger partial charge in [0.25, 0.3) is 5.91 Å².